The van der Waals surface area contributed by atoms with Crippen molar-refractivity contribution in [3.05, 3.63) is 63.7 Å². The molecule has 0 saturated carbocycles. The lowest BCUT2D eigenvalue weighted by atomic mass is 10.2. The van der Waals surface area contributed by atoms with E-state index in [2.05, 4.69) is 4.98 Å². The van der Waals surface area contributed by atoms with Gasteiger partial charge in [-0.25, -0.2) is 0 Å². The van der Waals surface area contributed by atoms with Gasteiger partial charge in [0.05, 0.1) is 15.1 Å². The van der Waals surface area contributed by atoms with E-state index in [4.69, 9.17) is 39.0 Å². The van der Waals surface area contributed by atoms with Crippen molar-refractivity contribution in [2.75, 3.05) is 0 Å². The van der Waals surface area contributed by atoms with Gasteiger partial charge in [0.2, 0.25) is 0 Å². The highest BCUT2D eigenvalue weighted by molar-refractivity contribution is 7.87. The van der Waals surface area contributed by atoms with E-state index < -0.39 is 10.1 Å². The highest BCUT2D eigenvalue weighted by atomic mass is 35.5. The Bertz CT molecular complexity index is 1000. The van der Waals surface area contributed by atoms with Crippen LogP contribution in [0.1, 0.15) is 0 Å². The second-order valence-electron chi connectivity index (χ2n) is 4.57. The third kappa shape index (κ3) is 3.23. The quantitative estimate of drug-likeness (QED) is 0.470. The van der Waals surface area contributed by atoms with Gasteiger partial charge in [0.1, 0.15) is 10.4 Å². The summed E-state index contributed by atoms with van der Waals surface area (Å²) in [6, 6.07) is 10.9. The Morgan fingerprint density at radius 1 is 0.913 bits per heavy atom. The highest BCUT2D eigenvalue weighted by Gasteiger charge is 2.23. The molecule has 23 heavy (non-hydrogen) atoms. The zero-order valence-electron chi connectivity index (χ0n) is 11.3. The van der Waals surface area contributed by atoms with Crippen LogP contribution in [-0.2, 0) is 10.1 Å². The standard InChI is InChI=1S/C15H8Cl3NO3S/c16-10-7-12(18)14(8-11(10)17)23(20,21)22-13-5-1-3-9-4-2-6-19-15(9)13/h1-8H. The predicted molar refractivity (Wildman–Crippen MR) is 91.0 cm³/mol. The largest absolute Gasteiger partial charge is 0.377 e. The number of hydrogen-bond donors (Lipinski definition) is 0. The van der Waals surface area contributed by atoms with Crippen molar-refractivity contribution in [3.8, 4) is 5.75 Å². The Labute approximate surface area is 147 Å². The minimum atomic E-state index is -4.19. The summed E-state index contributed by atoms with van der Waals surface area (Å²) in [5.41, 5.74) is 0.426. The average molecular weight is 389 g/mol. The molecule has 0 unspecified atom stereocenters. The molecular weight excluding hydrogens is 381 g/mol. The normalized spacial score (nSPS) is 11.6. The zero-order chi connectivity index (χ0) is 16.6. The Kier molecular flexibility index (Phi) is 4.38. The number of halogens is 3. The van der Waals surface area contributed by atoms with Gasteiger partial charge in [-0.15, -0.1) is 0 Å². The third-order valence-electron chi connectivity index (χ3n) is 3.04. The fraction of sp³-hybridized carbons (Fsp3) is 0. The smallest absolute Gasteiger partial charge is 0.340 e. The summed E-state index contributed by atoms with van der Waals surface area (Å²) in [5, 5.41) is 0.893. The molecule has 4 nitrogen and oxygen atoms in total. The van der Waals surface area contributed by atoms with Crippen molar-refractivity contribution in [1.82, 2.24) is 4.98 Å². The molecule has 3 aromatic rings. The molecule has 118 valence electrons. The van der Waals surface area contributed by atoms with E-state index in [1.165, 1.54) is 12.1 Å². The summed E-state index contributed by atoms with van der Waals surface area (Å²) in [7, 11) is -4.19. The fourth-order valence-corrected chi connectivity index (χ4v) is 3.92. The number of para-hydroxylation sites is 1. The SMILES string of the molecule is O=S(=O)(Oc1cccc2cccnc12)c1cc(Cl)c(Cl)cc1Cl. The minimum absolute atomic E-state index is 0.0642. The number of aromatic nitrogens is 1. The van der Waals surface area contributed by atoms with E-state index in [0.717, 1.165) is 11.5 Å². The maximum Gasteiger partial charge on any atom is 0.340 e. The topological polar surface area (TPSA) is 56.3 Å². The second kappa shape index (κ2) is 6.17. The van der Waals surface area contributed by atoms with Crippen LogP contribution in [0.2, 0.25) is 15.1 Å². The molecular formula is C15H8Cl3NO3S. The minimum Gasteiger partial charge on any atom is -0.377 e. The summed E-state index contributed by atoms with van der Waals surface area (Å²) >= 11 is 17.6. The molecule has 0 N–H and O–H groups in total. The van der Waals surface area contributed by atoms with Crippen LogP contribution in [0.15, 0.2) is 53.6 Å². The van der Waals surface area contributed by atoms with Crippen LogP contribution in [0, 0.1) is 0 Å². The van der Waals surface area contributed by atoms with Gasteiger partial charge in [0.15, 0.2) is 5.75 Å². The van der Waals surface area contributed by atoms with Gasteiger partial charge in [-0.3, -0.25) is 4.98 Å². The van der Waals surface area contributed by atoms with E-state index in [1.807, 2.05) is 0 Å². The van der Waals surface area contributed by atoms with E-state index in [9.17, 15) is 8.42 Å². The molecule has 0 aliphatic carbocycles. The molecule has 0 saturated heterocycles. The van der Waals surface area contributed by atoms with Gasteiger partial charge >= 0.3 is 10.1 Å². The van der Waals surface area contributed by atoms with Crippen molar-refractivity contribution >= 4 is 55.8 Å². The van der Waals surface area contributed by atoms with Crippen LogP contribution in [0.25, 0.3) is 10.9 Å². The van der Waals surface area contributed by atoms with Gasteiger partial charge in [0.25, 0.3) is 0 Å². The summed E-state index contributed by atoms with van der Waals surface area (Å²) in [4.78, 5) is 3.88. The molecule has 0 amide bonds. The Morgan fingerprint density at radius 2 is 1.61 bits per heavy atom. The van der Waals surface area contributed by atoms with Crippen molar-refractivity contribution in [3.63, 3.8) is 0 Å². The first-order valence-electron chi connectivity index (χ1n) is 6.31. The van der Waals surface area contributed by atoms with Crippen molar-refractivity contribution < 1.29 is 12.6 Å². The van der Waals surface area contributed by atoms with Crippen LogP contribution in [0.4, 0.5) is 0 Å². The summed E-state index contributed by atoms with van der Waals surface area (Å²) in [6.45, 7) is 0. The number of hydrogen-bond acceptors (Lipinski definition) is 4. The fourth-order valence-electron chi connectivity index (χ4n) is 2.00. The lowest BCUT2D eigenvalue weighted by Crippen LogP contribution is -2.11. The maximum absolute atomic E-state index is 12.5. The molecule has 0 fully saturated rings. The van der Waals surface area contributed by atoms with Crippen LogP contribution in [0.3, 0.4) is 0 Å². The van der Waals surface area contributed by atoms with Crippen LogP contribution < -0.4 is 4.18 Å². The molecule has 0 bridgehead atoms. The van der Waals surface area contributed by atoms with E-state index in [1.54, 1.807) is 30.5 Å². The molecule has 1 aromatic heterocycles. The molecule has 1 heterocycles. The Morgan fingerprint density at radius 3 is 2.39 bits per heavy atom. The maximum atomic E-state index is 12.5. The van der Waals surface area contributed by atoms with Crippen molar-refractivity contribution in [1.29, 1.82) is 0 Å². The van der Waals surface area contributed by atoms with Crippen molar-refractivity contribution in [2.45, 2.75) is 4.90 Å². The van der Waals surface area contributed by atoms with Crippen LogP contribution in [0.5, 0.6) is 5.75 Å². The van der Waals surface area contributed by atoms with E-state index >= 15 is 0 Å². The van der Waals surface area contributed by atoms with Gasteiger partial charge in [-0.2, -0.15) is 8.42 Å². The second-order valence-corrected chi connectivity index (χ2v) is 7.30. The lowest BCUT2D eigenvalue weighted by molar-refractivity contribution is 0.488. The van der Waals surface area contributed by atoms with Gasteiger partial charge in [-0.1, -0.05) is 53.0 Å². The molecule has 0 aliphatic heterocycles. The van der Waals surface area contributed by atoms with Gasteiger partial charge in [-0.05, 0) is 24.3 Å². The average Bonchev–Trinajstić information content (AvgIpc) is 2.51. The van der Waals surface area contributed by atoms with E-state index in [0.29, 0.717) is 5.52 Å². The first-order chi connectivity index (χ1) is 10.9. The predicted octanol–water partition coefficient (Wildman–Crippen LogP) is 4.96. The first kappa shape index (κ1) is 16.3. The summed E-state index contributed by atoms with van der Waals surface area (Å²) in [5.74, 6) is 0.102. The Balaban J connectivity index is 2.09. The number of pyridine rings is 1. The van der Waals surface area contributed by atoms with Crippen LogP contribution >= 0.6 is 34.8 Å². The molecule has 3 rings (SSSR count). The number of fused-ring (bicyclic) bond motifs is 1. The molecule has 0 aliphatic rings. The molecule has 8 heteroatoms. The van der Waals surface area contributed by atoms with Gasteiger partial charge in [0, 0.05) is 11.6 Å². The summed E-state index contributed by atoms with van der Waals surface area (Å²) < 4.78 is 30.2. The number of benzene rings is 2. The molecule has 2 aromatic carbocycles. The van der Waals surface area contributed by atoms with Gasteiger partial charge < -0.3 is 4.18 Å². The number of nitrogens with zero attached hydrogens (tertiary/aromatic N) is 1. The molecule has 0 radical (unpaired) electrons. The van der Waals surface area contributed by atoms with E-state index in [-0.39, 0.29) is 25.7 Å². The summed E-state index contributed by atoms with van der Waals surface area (Å²) in [6.07, 6.45) is 1.55. The third-order valence-corrected chi connectivity index (χ3v) is 5.46. The highest BCUT2D eigenvalue weighted by Crippen LogP contribution is 2.34. The van der Waals surface area contributed by atoms with Crippen molar-refractivity contribution in [2.24, 2.45) is 0 Å². The Hall–Kier alpha value is -1.53. The molecule has 0 atom stereocenters. The monoisotopic (exact) mass is 387 g/mol. The zero-order valence-corrected chi connectivity index (χ0v) is 14.4. The van der Waals surface area contributed by atoms with Crippen LogP contribution in [-0.4, -0.2) is 13.4 Å². The number of rotatable bonds is 3. The molecule has 0 spiro atoms. The lowest BCUT2D eigenvalue weighted by Gasteiger charge is -2.11. The first-order valence-corrected chi connectivity index (χ1v) is 8.85.